The Morgan fingerprint density at radius 2 is 2.00 bits per heavy atom. The van der Waals surface area contributed by atoms with Crippen LogP contribution in [-0.4, -0.2) is 28.2 Å². The van der Waals surface area contributed by atoms with E-state index in [4.69, 9.17) is 0 Å². The van der Waals surface area contributed by atoms with E-state index in [1.54, 1.807) is 0 Å². The Balaban J connectivity index is 2.18. The molecule has 4 N–H and O–H groups in total. The van der Waals surface area contributed by atoms with Crippen molar-refractivity contribution in [3.05, 3.63) is 34.8 Å². The fourth-order valence-electron chi connectivity index (χ4n) is 1.61. The summed E-state index contributed by atoms with van der Waals surface area (Å²) in [5, 5.41) is 27.1. The molecule has 2 aromatic rings. The molecule has 0 spiro atoms. The van der Waals surface area contributed by atoms with Gasteiger partial charge in [0.05, 0.1) is 5.69 Å². The van der Waals surface area contributed by atoms with Gasteiger partial charge in [0, 0.05) is 11.4 Å². The summed E-state index contributed by atoms with van der Waals surface area (Å²) in [5.74, 6) is -1.15. The molecule has 6 nitrogen and oxygen atoms in total. The summed E-state index contributed by atoms with van der Waals surface area (Å²) in [4.78, 5) is 16.3. The summed E-state index contributed by atoms with van der Waals surface area (Å²) < 4.78 is 0. The Morgan fingerprint density at radius 3 is 2.60 bits per heavy atom. The van der Waals surface area contributed by atoms with Gasteiger partial charge >= 0.3 is 0 Å². The van der Waals surface area contributed by atoms with E-state index in [2.05, 4.69) is 15.6 Å². The minimum Gasteiger partial charge on any atom is -0.507 e. The fraction of sp³-hybridized carbons (Fsp3) is 0.231. The molecule has 1 atom stereocenters. The number of carbonyl (C=O) groups excluding carboxylic acids is 1. The van der Waals surface area contributed by atoms with Gasteiger partial charge in [0.25, 0.3) is 5.91 Å². The quantitative estimate of drug-likeness (QED) is 0.692. The fourth-order valence-corrected chi connectivity index (χ4v) is 2.41. The summed E-state index contributed by atoms with van der Waals surface area (Å²) in [6.07, 6.45) is 0. The molecular formula is C13H15N3O3S. The Labute approximate surface area is 120 Å². The third-order valence-electron chi connectivity index (χ3n) is 2.87. The van der Waals surface area contributed by atoms with Crippen LogP contribution in [0.1, 0.15) is 29.0 Å². The number of thiazole rings is 1. The highest BCUT2D eigenvalue weighted by molar-refractivity contribution is 7.14. The van der Waals surface area contributed by atoms with Gasteiger partial charge in [-0.25, -0.2) is 4.98 Å². The topological polar surface area (TPSA) is 94.5 Å². The number of aromatic hydroxyl groups is 2. The number of phenols is 2. The van der Waals surface area contributed by atoms with Crippen LogP contribution >= 0.6 is 11.3 Å². The van der Waals surface area contributed by atoms with Crippen LogP contribution in [-0.2, 0) is 0 Å². The number of carbonyl (C=O) groups is 1. The van der Waals surface area contributed by atoms with E-state index >= 15 is 0 Å². The van der Waals surface area contributed by atoms with Gasteiger partial charge < -0.3 is 15.5 Å². The number of aromatic nitrogens is 1. The van der Waals surface area contributed by atoms with Crippen LogP contribution in [0.25, 0.3) is 0 Å². The Hall–Kier alpha value is -2.12. The predicted octanol–water partition coefficient (Wildman–Crippen LogP) is 2.09. The molecule has 20 heavy (non-hydrogen) atoms. The molecule has 1 aromatic heterocycles. The number of phenolic OH excluding ortho intramolecular Hbond substituents is 2. The average Bonchev–Trinajstić information content (AvgIpc) is 2.86. The zero-order chi connectivity index (χ0) is 14.7. The molecule has 0 saturated heterocycles. The third kappa shape index (κ3) is 2.89. The third-order valence-corrected chi connectivity index (χ3v) is 3.64. The van der Waals surface area contributed by atoms with E-state index in [1.165, 1.54) is 29.5 Å². The number of rotatable bonds is 4. The maximum absolute atomic E-state index is 12.0. The molecule has 0 aliphatic rings. The number of benzene rings is 1. The molecule has 1 unspecified atom stereocenters. The molecule has 7 heteroatoms. The molecule has 0 bridgehead atoms. The SMILES string of the molecule is CNC(C)c1csc(NC(=O)c2c(O)cccc2O)n1. The van der Waals surface area contributed by atoms with Crippen LogP contribution < -0.4 is 10.6 Å². The van der Waals surface area contributed by atoms with Crippen LogP contribution in [0.2, 0.25) is 0 Å². The van der Waals surface area contributed by atoms with E-state index in [1.807, 2.05) is 19.4 Å². The van der Waals surface area contributed by atoms with Crippen molar-refractivity contribution in [1.82, 2.24) is 10.3 Å². The normalized spacial score (nSPS) is 12.1. The van der Waals surface area contributed by atoms with Crippen molar-refractivity contribution in [1.29, 1.82) is 0 Å². The van der Waals surface area contributed by atoms with Gasteiger partial charge in [-0.2, -0.15) is 0 Å². The van der Waals surface area contributed by atoms with Crippen LogP contribution in [0.4, 0.5) is 5.13 Å². The largest absolute Gasteiger partial charge is 0.507 e. The molecule has 1 amide bonds. The first kappa shape index (κ1) is 14.3. The van der Waals surface area contributed by atoms with Gasteiger partial charge in [-0.3, -0.25) is 10.1 Å². The van der Waals surface area contributed by atoms with Crippen molar-refractivity contribution >= 4 is 22.4 Å². The summed E-state index contributed by atoms with van der Waals surface area (Å²) >= 11 is 1.28. The van der Waals surface area contributed by atoms with Gasteiger partial charge in [-0.15, -0.1) is 11.3 Å². The van der Waals surface area contributed by atoms with Gasteiger partial charge in [-0.05, 0) is 26.1 Å². The lowest BCUT2D eigenvalue weighted by molar-refractivity contribution is 0.102. The number of anilines is 1. The average molecular weight is 293 g/mol. The standard InChI is InChI=1S/C13H15N3O3S/c1-7(14-2)8-6-20-13(15-8)16-12(19)11-9(17)4-3-5-10(11)18/h3-7,14,17-18H,1-2H3,(H,15,16,19). The number of nitrogens with one attached hydrogen (secondary N) is 2. The molecule has 1 aromatic carbocycles. The summed E-state index contributed by atoms with van der Waals surface area (Å²) in [7, 11) is 1.82. The molecule has 0 fully saturated rings. The minimum absolute atomic E-state index is 0.0791. The summed E-state index contributed by atoms with van der Waals surface area (Å²) in [6, 6.07) is 4.21. The Bertz CT molecular complexity index is 607. The molecule has 0 radical (unpaired) electrons. The predicted molar refractivity (Wildman–Crippen MR) is 77.3 cm³/mol. The van der Waals surface area contributed by atoms with Crippen molar-refractivity contribution < 1.29 is 15.0 Å². The van der Waals surface area contributed by atoms with Crippen LogP contribution in [0.5, 0.6) is 11.5 Å². The first-order valence-corrected chi connectivity index (χ1v) is 6.86. The maximum atomic E-state index is 12.0. The lowest BCUT2D eigenvalue weighted by Gasteiger charge is -2.07. The molecule has 0 saturated carbocycles. The van der Waals surface area contributed by atoms with Crippen molar-refractivity contribution in [2.24, 2.45) is 0 Å². The molecule has 1 heterocycles. The van der Waals surface area contributed by atoms with E-state index < -0.39 is 5.91 Å². The first-order chi connectivity index (χ1) is 9.52. The van der Waals surface area contributed by atoms with Crippen LogP contribution in [0.15, 0.2) is 23.6 Å². The number of nitrogens with zero attached hydrogens (tertiary/aromatic N) is 1. The molecule has 2 rings (SSSR count). The van der Waals surface area contributed by atoms with Gasteiger partial charge in [0.2, 0.25) is 0 Å². The Morgan fingerprint density at radius 1 is 1.35 bits per heavy atom. The lowest BCUT2D eigenvalue weighted by Crippen LogP contribution is -2.14. The van der Waals surface area contributed by atoms with Crippen molar-refractivity contribution in [2.75, 3.05) is 12.4 Å². The highest BCUT2D eigenvalue weighted by Crippen LogP contribution is 2.28. The number of hydrogen-bond donors (Lipinski definition) is 4. The Kier molecular flexibility index (Phi) is 4.21. The lowest BCUT2D eigenvalue weighted by atomic mass is 10.1. The van der Waals surface area contributed by atoms with Crippen molar-refractivity contribution in [2.45, 2.75) is 13.0 Å². The summed E-state index contributed by atoms with van der Waals surface area (Å²) in [6.45, 7) is 1.95. The van der Waals surface area contributed by atoms with Crippen molar-refractivity contribution in [3.63, 3.8) is 0 Å². The van der Waals surface area contributed by atoms with Gasteiger partial charge in [-0.1, -0.05) is 6.07 Å². The second-order valence-electron chi connectivity index (χ2n) is 4.21. The van der Waals surface area contributed by atoms with Gasteiger partial charge in [0.15, 0.2) is 5.13 Å². The smallest absolute Gasteiger partial charge is 0.264 e. The molecule has 106 valence electrons. The highest BCUT2D eigenvalue weighted by atomic mass is 32.1. The number of hydrogen-bond acceptors (Lipinski definition) is 6. The van der Waals surface area contributed by atoms with Gasteiger partial charge in [0.1, 0.15) is 17.1 Å². The van der Waals surface area contributed by atoms with Crippen molar-refractivity contribution in [3.8, 4) is 11.5 Å². The zero-order valence-corrected chi connectivity index (χ0v) is 11.9. The first-order valence-electron chi connectivity index (χ1n) is 5.98. The van der Waals surface area contributed by atoms with E-state index in [9.17, 15) is 15.0 Å². The highest BCUT2D eigenvalue weighted by Gasteiger charge is 2.18. The van der Waals surface area contributed by atoms with Crippen LogP contribution in [0.3, 0.4) is 0 Å². The van der Waals surface area contributed by atoms with E-state index in [-0.39, 0.29) is 23.1 Å². The maximum Gasteiger partial charge on any atom is 0.264 e. The zero-order valence-electron chi connectivity index (χ0n) is 11.0. The number of amides is 1. The minimum atomic E-state index is -0.599. The van der Waals surface area contributed by atoms with E-state index in [0.29, 0.717) is 5.13 Å². The molecule has 0 aliphatic heterocycles. The monoisotopic (exact) mass is 293 g/mol. The summed E-state index contributed by atoms with van der Waals surface area (Å²) in [5.41, 5.74) is 0.653. The molecule has 0 aliphatic carbocycles. The molecular weight excluding hydrogens is 278 g/mol. The van der Waals surface area contributed by atoms with E-state index in [0.717, 1.165) is 5.69 Å². The second-order valence-corrected chi connectivity index (χ2v) is 5.07. The van der Waals surface area contributed by atoms with Crippen LogP contribution in [0, 0.1) is 0 Å². The second kappa shape index (κ2) is 5.89.